The number of nitrogens with one attached hydrogen (secondary N) is 1. The summed E-state index contributed by atoms with van der Waals surface area (Å²) in [6.45, 7) is 0.667. The number of rotatable bonds is 3. The van der Waals surface area contributed by atoms with Crippen molar-refractivity contribution in [3.8, 4) is 0 Å². The maximum absolute atomic E-state index is 5.61. The van der Waals surface area contributed by atoms with E-state index in [0.717, 1.165) is 22.5 Å². The fraction of sp³-hybridized carbons (Fsp3) is 0.0625. The monoisotopic (exact) mass is 303 g/mol. The Balaban J connectivity index is 1.67. The third kappa shape index (κ3) is 2.59. The normalized spacial score (nSPS) is 12.6. The van der Waals surface area contributed by atoms with Crippen LogP contribution in [-0.2, 0) is 6.54 Å². The summed E-state index contributed by atoms with van der Waals surface area (Å²) in [5, 5.41) is 3.23. The van der Waals surface area contributed by atoms with E-state index >= 15 is 0 Å². The summed E-state index contributed by atoms with van der Waals surface area (Å²) in [5.41, 5.74) is 10.6. The van der Waals surface area contributed by atoms with Gasteiger partial charge < -0.3 is 11.1 Å². The quantitative estimate of drug-likeness (QED) is 0.766. The minimum atomic E-state index is 0.236. The highest BCUT2D eigenvalue weighted by Crippen LogP contribution is 2.26. The molecule has 0 amide bonds. The largest absolute Gasteiger partial charge is 0.368 e. The molecular formula is C16H13N7. The Bertz CT molecular complexity index is 890. The topological polar surface area (TPSA) is 102 Å². The van der Waals surface area contributed by atoms with Gasteiger partial charge >= 0.3 is 0 Å². The predicted octanol–water partition coefficient (Wildman–Crippen LogP) is 1.94. The van der Waals surface area contributed by atoms with Crippen molar-refractivity contribution in [1.29, 1.82) is 0 Å². The van der Waals surface area contributed by atoms with Gasteiger partial charge in [-0.2, -0.15) is 4.98 Å². The first-order valence-electron chi connectivity index (χ1n) is 7.08. The van der Waals surface area contributed by atoms with Gasteiger partial charge in [0.25, 0.3) is 0 Å². The molecule has 1 aliphatic rings. The van der Waals surface area contributed by atoms with Crippen LogP contribution < -0.4 is 11.1 Å². The maximum Gasteiger partial charge on any atom is 0.221 e. The number of fused-ring (bicyclic) bond motifs is 1. The molecule has 3 aromatic rings. The Kier molecular flexibility index (Phi) is 3.16. The van der Waals surface area contributed by atoms with Crippen LogP contribution in [0.25, 0.3) is 0 Å². The Labute approximate surface area is 132 Å². The summed E-state index contributed by atoms with van der Waals surface area (Å²) in [7, 11) is 0. The number of nitrogens with two attached hydrogens (primary N) is 1. The van der Waals surface area contributed by atoms with Crippen LogP contribution in [0.3, 0.4) is 0 Å². The molecule has 4 rings (SSSR count). The minimum absolute atomic E-state index is 0.236. The lowest BCUT2D eigenvalue weighted by Crippen LogP contribution is -2.04. The Morgan fingerprint density at radius 2 is 1.96 bits per heavy atom. The molecule has 112 valence electrons. The zero-order valence-electron chi connectivity index (χ0n) is 12.1. The lowest BCUT2D eigenvalue weighted by atomic mass is 10.0. The van der Waals surface area contributed by atoms with Gasteiger partial charge in [-0.25, -0.2) is 15.0 Å². The number of hydrogen-bond acceptors (Lipinski definition) is 7. The van der Waals surface area contributed by atoms with E-state index in [2.05, 4.69) is 36.3 Å². The molecule has 0 saturated carbocycles. The fourth-order valence-electron chi connectivity index (χ4n) is 2.52. The molecule has 0 radical (unpaired) electrons. The number of anilines is 3. The van der Waals surface area contributed by atoms with Gasteiger partial charge in [0.05, 0.1) is 12.3 Å². The third-order valence-corrected chi connectivity index (χ3v) is 3.55. The van der Waals surface area contributed by atoms with Gasteiger partial charge in [-0.3, -0.25) is 4.99 Å². The van der Waals surface area contributed by atoms with E-state index in [0.29, 0.717) is 12.4 Å². The standard InChI is InChI=1S/C16H13N7/c17-16-20-4-3-14(23-16)22-12-2-1-10-8-21-15(13(10)5-12)11-6-18-9-19-7-11/h1-7,9H,8H2,(H3,17,20,22,23). The van der Waals surface area contributed by atoms with Gasteiger partial charge in [0.15, 0.2) is 0 Å². The summed E-state index contributed by atoms with van der Waals surface area (Å²) >= 11 is 0. The molecule has 23 heavy (non-hydrogen) atoms. The van der Waals surface area contributed by atoms with E-state index < -0.39 is 0 Å². The first-order chi connectivity index (χ1) is 11.3. The van der Waals surface area contributed by atoms with Gasteiger partial charge in [0, 0.05) is 35.4 Å². The maximum atomic E-state index is 5.61. The molecule has 0 fully saturated rings. The molecular weight excluding hydrogens is 290 g/mol. The van der Waals surface area contributed by atoms with Crippen LogP contribution in [0.4, 0.5) is 17.5 Å². The fourth-order valence-corrected chi connectivity index (χ4v) is 2.52. The van der Waals surface area contributed by atoms with Crippen molar-refractivity contribution >= 4 is 23.2 Å². The summed E-state index contributed by atoms with van der Waals surface area (Å²) in [4.78, 5) is 20.8. The van der Waals surface area contributed by atoms with Crippen molar-refractivity contribution < 1.29 is 0 Å². The number of aliphatic imine (C=N–C) groups is 1. The number of aromatic nitrogens is 4. The van der Waals surface area contributed by atoms with Crippen LogP contribution in [0, 0.1) is 0 Å². The zero-order valence-corrected chi connectivity index (χ0v) is 12.1. The second kappa shape index (κ2) is 5.45. The van der Waals surface area contributed by atoms with E-state index in [9.17, 15) is 0 Å². The summed E-state index contributed by atoms with van der Waals surface area (Å²) in [5.74, 6) is 0.886. The van der Waals surface area contributed by atoms with Crippen molar-refractivity contribution in [1.82, 2.24) is 19.9 Å². The van der Waals surface area contributed by atoms with Crippen LogP contribution in [0.15, 0.2) is 54.2 Å². The Hall–Kier alpha value is -3.35. The summed E-state index contributed by atoms with van der Waals surface area (Å²) in [6.07, 6.45) is 6.67. The molecule has 1 aliphatic heterocycles. The molecule has 3 N–H and O–H groups in total. The van der Waals surface area contributed by atoms with Gasteiger partial charge in [0.1, 0.15) is 12.1 Å². The highest BCUT2D eigenvalue weighted by Gasteiger charge is 2.18. The minimum Gasteiger partial charge on any atom is -0.368 e. The summed E-state index contributed by atoms with van der Waals surface area (Å²) < 4.78 is 0. The predicted molar refractivity (Wildman–Crippen MR) is 87.5 cm³/mol. The molecule has 0 unspecified atom stereocenters. The highest BCUT2D eigenvalue weighted by molar-refractivity contribution is 6.15. The van der Waals surface area contributed by atoms with Crippen LogP contribution in [-0.4, -0.2) is 25.6 Å². The third-order valence-electron chi connectivity index (χ3n) is 3.55. The van der Waals surface area contributed by atoms with Crippen LogP contribution in [0.2, 0.25) is 0 Å². The molecule has 0 aliphatic carbocycles. The number of nitrogens with zero attached hydrogens (tertiary/aromatic N) is 5. The lowest BCUT2D eigenvalue weighted by Gasteiger charge is -2.09. The van der Waals surface area contributed by atoms with Gasteiger partial charge in [-0.15, -0.1) is 0 Å². The van der Waals surface area contributed by atoms with E-state index in [4.69, 9.17) is 5.73 Å². The molecule has 0 spiro atoms. The van der Waals surface area contributed by atoms with E-state index in [1.54, 1.807) is 24.7 Å². The highest BCUT2D eigenvalue weighted by atomic mass is 15.1. The second-order valence-electron chi connectivity index (χ2n) is 5.09. The SMILES string of the molecule is Nc1nccc(Nc2ccc3c(c2)C(c2cncnc2)=NC3)n1. The van der Waals surface area contributed by atoms with E-state index in [1.807, 2.05) is 12.1 Å². The van der Waals surface area contributed by atoms with Crippen molar-refractivity contribution in [3.63, 3.8) is 0 Å². The first-order valence-corrected chi connectivity index (χ1v) is 7.08. The first kappa shape index (κ1) is 13.3. The average Bonchev–Trinajstić information content (AvgIpc) is 2.99. The van der Waals surface area contributed by atoms with Crippen molar-refractivity contribution in [2.75, 3.05) is 11.1 Å². The van der Waals surface area contributed by atoms with Gasteiger partial charge in [-0.05, 0) is 23.8 Å². The number of nitrogen functional groups attached to an aromatic ring is 1. The molecule has 3 heterocycles. The smallest absolute Gasteiger partial charge is 0.221 e. The zero-order chi connectivity index (χ0) is 15.6. The van der Waals surface area contributed by atoms with Crippen molar-refractivity contribution in [2.24, 2.45) is 4.99 Å². The Morgan fingerprint density at radius 3 is 2.78 bits per heavy atom. The van der Waals surface area contributed by atoms with Crippen molar-refractivity contribution in [2.45, 2.75) is 6.54 Å². The van der Waals surface area contributed by atoms with E-state index in [1.165, 1.54) is 11.9 Å². The van der Waals surface area contributed by atoms with E-state index in [-0.39, 0.29) is 5.95 Å². The van der Waals surface area contributed by atoms with Crippen LogP contribution in [0.5, 0.6) is 0 Å². The molecule has 1 aromatic carbocycles. The Morgan fingerprint density at radius 1 is 1.09 bits per heavy atom. The van der Waals surface area contributed by atoms with Crippen molar-refractivity contribution in [3.05, 3.63) is 65.9 Å². The second-order valence-corrected chi connectivity index (χ2v) is 5.09. The molecule has 2 aromatic heterocycles. The van der Waals surface area contributed by atoms with Gasteiger partial charge in [-0.1, -0.05) is 6.07 Å². The lowest BCUT2D eigenvalue weighted by molar-refractivity contribution is 1.10. The van der Waals surface area contributed by atoms with Crippen LogP contribution >= 0.6 is 0 Å². The van der Waals surface area contributed by atoms with Crippen LogP contribution in [0.1, 0.15) is 16.7 Å². The molecule has 7 nitrogen and oxygen atoms in total. The molecule has 0 atom stereocenters. The molecule has 0 bridgehead atoms. The number of hydrogen-bond donors (Lipinski definition) is 2. The number of benzene rings is 1. The summed E-state index contributed by atoms with van der Waals surface area (Å²) in [6, 6.07) is 7.87. The van der Waals surface area contributed by atoms with Gasteiger partial charge in [0.2, 0.25) is 5.95 Å². The molecule has 7 heteroatoms. The average molecular weight is 303 g/mol. The molecule has 0 saturated heterocycles.